The minimum Gasteiger partial charge on any atom is -0.253 e. The van der Waals surface area contributed by atoms with Crippen LogP contribution in [0.3, 0.4) is 0 Å². The van der Waals surface area contributed by atoms with Gasteiger partial charge < -0.3 is 0 Å². The number of nitrogens with one attached hydrogen (secondary N) is 1. The Morgan fingerprint density at radius 1 is 1.09 bits per heavy atom. The third-order valence-corrected chi connectivity index (χ3v) is 4.49. The van der Waals surface area contributed by atoms with Crippen LogP contribution in [0.15, 0.2) is 64.2 Å². The van der Waals surface area contributed by atoms with Gasteiger partial charge in [0, 0.05) is 14.9 Å². The van der Waals surface area contributed by atoms with Crippen LogP contribution >= 0.6 is 27.3 Å². The van der Waals surface area contributed by atoms with Gasteiger partial charge in [0.2, 0.25) is 5.13 Å². The number of nitrogens with zero attached hydrogens (tertiary/aromatic N) is 2. The van der Waals surface area contributed by atoms with Gasteiger partial charge in [-0.3, -0.25) is 5.43 Å². The molecule has 0 amide bonds. The Balaban J connectivity index is 1.73. The van der Waals surface area contributed by atoms with Crippen molar-refractivity contribution in [3.8, 4) is 11.3 Å². The van der Waals surface area contributed by atoms with Crippen molar-refractivity contribution in [3.05, 3.63) is 69.5 Å². The molecule has 1 heterocycles. The summed E-state index contributed by atoms with van der Waals surface area (Å²) in [4.78, 5) is 5.79. The quantitative estimate of drug-likeness (QED) is 0.497. The first-order chi connectivity index (χ1) is 10.7. The number of aryl methyl sites for hydroxylation is 1. The van der Waals surface area contributed by atoms with E-state index in [1.54, 1.807) is 17.6 Å². The van der Waals surface area contributed by atoms with Crippen molar-refractivity contribution in [1.29, 1.82) is 0 Å². The lowest BCUT2D eigenvalue weighted by Crippen LogP contribution is -1.90. The monoisotopic (exact) mass is 371 g/mol. The van der Waals surface area contributed by atoms with Gasteiger partial charge in [-0.1, -0.05) is 58.4 Å². The highest BCUT2D eigenvalue weighted by Crippen LogP contribution is 2.30. The normalized spacial score (nSPS) is 11.0. The second-order valence-electron chi connectivity index (χ2n) is 4.71. The predicted molar refractivity (Wildman–Crippen MR) is 97.6 cm³/mol. The fourth-order valence-electron chi connectivity index (χ4n) is 2.02. The van der Waals surface area contributed by atoms with E-state index in [2.05, 4.69) is 50.5 Å². The first-order valence-electron chi connectivity index (χ1n) is 6.80. The summed E-state index contributed by atoms with van der Waals surface area (Å²) in [6.45, 7) is 2.07. The average molecular weight is 372 g/mol. The Hall–Kier alpha value is -1.98. The van der Waals surface area contributed by atoms with Gasteiger partial charge in [-0.2, -0.15) is 5.10 Å². The summed E-state index contributed by atoms with van der Waals surface area (Å²) in [5.74, 6) is 0. The van der Waals surface area contributed by atoms with Crippen LogP contribution in [-0.4, -0.2) is 11.2 Å². The summed E-state index contributed by atoms with van der Waals surface area (Å²) in [7, 11) is 0. The molecule has 0 atom stereocenters. The zero-order valence-corrected chi connectivity index (χ0v) is 14.4. The number of hydrogen-bond donors (Lipinski definition) is 1. The molecule has 0 fully saturated rings. The largest absolute Gasteiger partial charge is 0.253 e. The van der Waals surface area contributed by atoms with Crippen molar-refractivity contribution in [2.75, 3.05) is 5.43 Å². The molecule has 110 valence electrons. The highest BCUT2D eigenvalue weighted by atomic mass is 79.9. The van der Waals surface area contributed by atoms with Crippen LogP contribution < -0.4 is 5.43 Å². The van der Waals surface area contributed by atoms with Gasteiger partial charge in [-0.25, -0.2) is 4.98 Å². The van der Waals surface area contributed by atoms with Crippen molar-refractivity contribution in [3.63, 3.8) is 0 Å². The maximum Gasteiger partial charge on any atom is 0.204 e. The minimum atomic E-state index is 0.796. The molecule has 5 heteroatoms. The van der Waals surface area contributed by atoms with Gasteiger partial charge >= 0.3 is 0 Å². The predicted octanol–water partition coefficient (Wildman–Crippen LogP) is 5.33. The smallest absolute Gasteiger partial charge is 0.204 e. The Morgan fingerprint density at radius 2 is 1.82 bits per heavy atom. The fourth-order valence-corrected chi connectivity index (χ4v) is 3.07. The molecule has 0 bridgehead atoms. The van der Waals surface area contributed by atoms with Gasteiger partial charge in [-0.15, -0.1) is 11.3 Å². The highest BCUT2D eigenvalue weighted by Gasteiger charge is 2.08. The van der Waals surface area contributed by atoms with Gasteiger partial charge in [0.15, 0.2) is 0 Å². The summed E-state index contributed by atoms with van der Waals surface area (Å²) in [6.07, 6.45) is 1.78. The minimum absolute atomic E-state index is 0.796. The molecule has 0 aliphatic heterocycles. The number of benzene rings is 2. The summed E-state index contributed by atoms with van der Waals surface area (Å²) in [5, 5.41) is 5.04. The summed E-state index contributed by atoms with van der Waals surface area (Å²) in [5.41, 5.74) is 6.17. The summed E-state index contributed by atoms with van der Waals surface area (Å²) < 4.78 is 1.06. The lowest BCUT2D eigenvalue weighted by atomic mass is 10.1. The average Bonchev–Trinajstić information content (AvgIpc) is 2.91. The summed E-state index contributed by atoms with van der Waals surface area (Å²) in [6, 6.07) is 18.2. The number of hydrazone groups is 1. The molecule has 0 saturated heterocycles. The van der Waals surface area contributed by atoms with Crippen LogP contribution in [0.1, 0.15) is 10.4 Å². The zero-order valence-electron chi connectivity index (χ0n) is 12.0. The molecule has 3 aromatic rings. The third kappa shape index (κ3) is 3.61. The van der Waals surface area contributed by atoms with E-state index in [0.717, 1.165) is 26.4 Å². The highest BCUT2D eigenvalue weighted by molar-refractivity contribution is 9.10. The molecule has 1 N–H and O–H groups in total. The molecule has 3 nitrogen and oxygen atoms in total. The van der Waals surface area contributed by atoms with E-state index in [0.29, 0.717) is 0 Å². The van der Waals surface area contributed by atoms with E-state index >= 15 is 0 Å². The third-order valence-electron chi connectivity index (χ3n) is 3.09. The molecule has 0 unspecified atom stereocenters. The number of thiazole rings is 1. The molecular weight excluding hydrogens is 358 g/mol. The molecule has 0 saturated carbocycles. The van der Waals surface area contributed by atoms with Gasteiger partial charge in [0.1, 0.15) is 0 Å². The van der Waals surface area contributed by atoms with Crippen LogP contribution in [0.5, 0.6) is 0 Å². The number of anilines is 1. The standard InChI is InChI=1S/C17H14BrN3S/c1-12-16(14-5-3-2-4-6-14)20-17(22-12)21-19-11-13-7-9-15(18)10-8-13/h2-11H,1H3,(H,20,21)/b19-11-. The molecular formula is C17H14BrN3S. The fraction of sp³-hybridized carbons (Fsp3) is 0.0588. The van der Waals surface area contributed by atoms with E-state index in [1.165, 1.54) is 4.88 Å². The maximum absolute atomic E-state index is 4.61. The van der Waals surface area contributed by atoms with E-state index in [-0.39, 0.29) is 0 Å². The molecule has 1 aromatic heterocycles. The Morgan fingerprint density at radius 3 is 2.55 bits per heavy atom. The molecule has 0 aliphatic rings. The number of aromatic nitrogens is 1. The van der Waals surface area contributed by atoms with E-state index in [1.807, 2.05) is 42.5 Å². The van der Waals surface area contributed by atoms with Crippen LogP contribution in [-0.2, 0) is 0 Å². The van der Waals surface area contributed by atoms with Crippen LogP contribution in [0.25, 0.3) is 11.3 Å². The molecule has 22 heavy (non-hydrogen) atoms. The molecule has 0 aliphatic carbocycles. The van der Waals surface area contributed by atoms with Crippen LogP contribution in [0.4, 0.5) is 5.13 Å². The SMILES string of the molecule is Cc1sc(N/N=C\c2ccc(Br)cc2)nc1-c1ccccc1. The number of halogens is 1. The van der Waals surface area contributed by atoms with E-state index < -0.39 is 0 Å². The maximum atomic E-state index is 4.61. The lowest BCUT2D eigenvalue weighted by molar-refractivity contribution is 1.28. The van der Waals surface area contributed by atoms with Crippen molar-refractivity contribution < 1.29 is 0 Å². The molecule has 3 rings (SSSR count). The van der Waals surface area contributed by atoms with E-state index in [9.17, 15) is 0 Å². The second-order valence-corrected chi connectivity index (χ2v) is 6.83. The summed E-state index contributed by atoms with van der Waals surface area (Å²) >= 11 is 5.02. The Labute approximate surface area is 141 Å². The van der Waals surface area contributed by atoms with Crippen molar-refractivity contribution in [2.45, 2.75) is 6.92 Å². The molecule has 0 radical (unpaired) electrons. The van der Waals surface area contributed by atoms with Gasteiger partial charge in [0.25, 0.3) is 0 Å². The topological polar surface area (TPSA) is 37.3 Å². The van der Waals surface area contributed by atoms with Crippen LogP contribution in [0.2, 0.25) is 0 Å². The molecule has 2 aromatic carbocycles. The Bertz CT molecular complexity index is 779. The molecule has 0 spiro atoms. The van der Waals surface area contributed by atoms with Crippen molar-refractivity contribution >= 4 is 38.6 Å². The Kier molecular flexibility index (Phi) is 4.65. The van der Waals surface area contributed by atoms with Crippen molar-refractivity contribution in [2.24, 2.45) is 5.10 Å². The number of hydrogen-bond acceptors (Lipinski definition) is 4. The zero-order chi connectivity index (χ0) is 15.4. The van der Waals surface area contributed by atoms with Crippen LogP contribution in [0, 0.1) is 6.92 Å². The van der Waals surface area contributed by atoms with Gasteiger partial charge in [-0.05, 0) is 24.6 Å². The van der Waals surface area contributed by atoms with E-state index in [4.69, 9.17) is 0 Å². The van der Waals surface area contributed by atoms with Crippen molar-refractivity contribution in [1.82, 2.24) is 4.98 Å². The first kappa shape index (κ1) is 14.9. The van der Waals surface area contributed by atoms with Gasteiger partial charge in [0.05, 0.1) is 11.9 Å². The number of rotatable bonds is 4. The lowest BCUT2D eigenvalue weighted by Gasteiger charge is -1.97. The first-order valence-corrected chi connectivity index (χ1v) is 8.41. The second kappa shape index (κ2) is 6.85.